The number of amides is 1. The Morgan fingerprint density at radius 2 is 1.68 bits per heavy atom. The average Bonchev–Trinajstić information content (AvgIpc) is 3.04. The summed E-state index contributed by atoms with van der Waals surface area (Å²) in [5, 5.41) is 0. The van der Waals surface area contributed by atoms with Crippen LogP contribution in [0, 0.1) is 0 Å². The molecular formula is C19H20N2O3S. The maximum Gasteiger partial charge on any atom is 0.254 e. The van der Waals surface area contributed by atoms with Gasteiger partial charge < -0.3 is 4.90 Å². The summed E-state index contributed by atoms with van der Waals surface area (Å²) in [5.41, 5.74) is 4.76. The second kappa shape index (κ2) is 5.88. The van der Waals surface area contributed by atoms with E-state index in [0.717, 1.165) is 12.0 Å². The van der Waals surface area contributed by atoms with E-state index < -0.39 is 10.0 Å². The van der Waals surface area contributed by atoms with E-state index in [1.54, 1.807) is 12.1 Å². The van der Waals surface area contributed by atoms with Gasteiger partial charge in [0, 0.05) is 25.2 Å². The van der Waals surface area contributed by atoms with Crippen molar-refractivity contribution in [2.24, 2.45) is 0 Å². The lowest BCUT2D eigenvalue weighted by Crippen LogP contribution is -2.36. The molecule has 0 atom stereocenters. The van der Waals surface area contributed by atoms with Gasteiger partial charge in [0.25, 0.3) is 5.91 Å². The quantitative estimate of drug-likeness (QED) is 0.829. The lowest BCUT2D eigenvalue weighted by Gasteiger charge is -2.29. The third-order valence-corrected chi connectivity index (χ3v) is 6.18. The number of sulfonamides is 1. The van der Waals surface area contributed by atoms with E-state index in [-0.39, 0.29) is 5.91 Å². The molecule has 130 valence electrons. The van der Waals surface area contributed by atoms with Crippen LogP contribution < -0.4 is 4.31 Å². The van der Waals surface area contributed by atoms with Gasteiger partial charge in [0.05, 0.1) is 11.9 Å². The molecule has 0 spiro atoms. The molecule has 4 rings (SSSR count). The summed E-state index contributed by atoms with van der Waals surface area (Å²) in [7, 11) is -3.26. The number of hydrogen-bond donors (Lipinski definition) is 0. The first-order chi connectivity index (χ1) is 11.9. The summed E-state index contributed by atoms with van der Waals surface area (Å²) in [4.78, 5) is 14.8. The monoisotopic (exact) mass is 356 g/mol. The van der Waals surface area contributed by atoms with Crippen LogP contribution in [-0.2, 0) is 29.4 Å². The van der Waals surface area contributed by atoms with Gasteiger partial charge in [-0.3, -0.25) is 9.10 Å². The van der Waals surface area contributed by atoms with E-state index in [4.69, 9.17) is 0 Å². The molecule has 0 N–H and O–H groups in total. The van der Waals surface area contributed by atoms with Crippen molar-refractivity contribution in [1.82, 2.24) is 4.90 Å². The van der Waals surface area contributed by atoms with Gasteiger partial charge in [0.2, 0.25) is 10.0 Å². The Kier molecular flexibility index (Phi) is 3.80. The number of benzene rings is 2. The second-order valence-electron chi connectivity index (χ2n) is 6.67. The van der Waals surface area contributed by atoms with Crippen LogP contribution in [0.5, 0.6) is 0 Å². The molecule has 0 radical (unpaired) electrons. The van der Waals surface area contributed by atoms with Gasteiger partial charge in [-0.25, -0.2) is 8.42 Å². The summed E-state index contributed by atoms with van der Waals surface area (Å²) in [6.45, 7) is 1.78. The van der Waals surface area contributed by atoms with Crippen molar-refractivity contribution < 1.29 is 13.2 Å². The van der Waals surface area contributed by atoms with E-state index in [0.29, 0.717) is 37.3 Å². The SMILES string of the molecule is CS(=O)(=O)N1CCc2cc(C(=O)N3CCc4ccccc4C3)ccc21. The van der Waals surface area contributed by atoms with Crippen molar-refractivity contribution in [3.63, 3.8) is 0 Å². The normalized spacial score (nSPS) is 16.5. The zero-order valence-corrected chi connectivity index (χ0v) is 14.9. The highest BCUT2D eigenvalue weighted by Crippen LogP contribution is 2.31. The molecule has 2 aliphatic heterocycles. The Balaban J connectivity index is 1.59. The number of nitrogens with zero attached hydrogens (tertiary/aromatic N) is 2. The van der Waals surface area contributed by atoms with E-state index in [2.05, 4.69) is 12.1 Å². The minimum absolute atomic E-state index is 0.00936. The third kappa shape index (κ3) is 2.91. The van der Waals surface area contributed by atoms with Gasteiger partial charge in [0.1, 0.15) is 0 Å². The van der Waals surface area contributed by atoms with Crippen LogP contribution in [0.3, 0.4) is 0 Å². The summed E-state index contributed by atoms with van der Waals surface area (Å²) in [5.74, 6) is 0.00936. The van der Waals surface area contributed by atoms with Crippen molar-refractivity contribution in [1.29, 1.82) is 0 Å². The molecule has 2 aromatic rings. The molecule has 0 bridgehead atoms. The lowest BCUT2D eigenvalue weighted by molar-refractivity contribution is 0.0734. The van der Waals surface area contributed by atoms with E-state index in [9.17, 15) is 13.2 Å². The first-order valence-corrected chi connectivity index (χ1v) is 10.2. The van der Waals surface area contributed by atoms with Gasteiger partial charge in [-0.2, -0.15) is 0 Å². The zero-order valence-electron chi connectivity index (χ0n) is 14.1. The number of hydrogen-bond acceptors (Lipinski definition) is 3. The molecule has 0 unspecified atom stereocenters. The van der Waals surface area contributed by atoms with Crippen molar-refractivity contribution >= 4 is 21.6 Å². The Hall–Kier alpha value is -2.34. The topological polar surface area (TPSA) is 57.7 Å². The van der Waals surface area contributed by atoms with Crippen LogP contribution >= 0.6 is 0 Å². The van der Waals surface area contributed by atoms with Gasteiger partial charge in [-0.05, 0) is 47.7 Å². The first-order valence-electron chi connectivity index (χ1n) is 8.40. The summed E-state index contributed by atoms with van der Waals surface area (Å²) >= 11 is 0. The fraction of sp³-hybridized carbons (Fsp3) is 0.316. The van der Waals surface area contributed by atoms with Gasteiger partial charge in [-0.1, -0.05) is 24.3 Å². The fourth-order valence-corrected chi connectivity index (χ4v) is 4.66. The van der Waals surface area contributed by atoms with Crippen molar-refractivity contribution in [3.8, 4) is 0 Å². The van der Waals surface area contributed by atoms with Crippen molar-refractivity contribution in [2.75, 3.05) is 23.7 Å². The summed E-state index contributed by atoms with van der Waals surface area (Å²) in [6.07, 6.45) is 2.73. The van der Waals surface area contributed by atoms with Crippen LogP contribution in [0.15, 0.2) is 42.5 Å². The van der Waals surface area contributed by atoms with Gasteiger partial charge >= 0.3 is 0 Å². The Bertz CT molecular complexity index is 953. The van der Waals surface area contributed by atoms with Crippen LogP contribution in [-0.4, -0.2) is 38.6 Å². The summed E-state index contributed by atoms with van der Waals surface area (Å²) in [6, 6.07) is 13.6. The molecule has 6 heteroatoms. The van der Waals surface area contributed by atoms with E-state index in [1.165, 1.54) is 21.7 Å². The Morgan fingerprint density at radius 1 is 0.960 bits per heavy atom. The van der Waals surface area contributed by atoms with Crippen molar-refractivity contribution in [3.05, 3.63) is 64.7 Å². The molecule has 1 amide bonds. The molecule has 0 fully saturated rings. The van der Waals surface area contributed by atoms with Crippen LogP contribution in [0.2, 0.25) is 0 Å². The molecule has 2 aliphatic rings. The maximum atomic E-state index is 12.9. The smallest absolute Gasteiger partial charge is 0.254 e. The first kappa shape index (κ1) is 16.1. The third-order valence-electron chi connectivity index (χ3n) is 5.00. The molecule has 0 aliphatic carbocycles. The number of carbonyl (C=O) groups excluding carboxylic acids is 1. The number of carbonyl (C=O) groups is 1. The van der Waals surface area contributed by atoms with Gasteiger partial charge in [0.15, 0.2) is 0 Å². The largest absolute Gasteiger partial charge is 0.334 e. The molecule has 25 heavy (non-hydrogen) atoms. The predicted molar refractivity (Wildman–Crippen MR) is 97.2 cm³/mol. The highest BCUT2D eigenvalue weighted by Gasteiger charge is 2.28. The molecule has 0 saturated carbocycles. The molecular weight excluding hydrogens is 336 g/mol. The second-order valence-corrected chi connectivity index (χ2v) is 8.58. The molecule has 0 aromatic heterocycles. The van der Waals surface area contributed by atoms with Crippen LogP contribution in [0.4, 0.5) is 5.69 Å². The minimum atomic E-state index is -3.26. The van der Waals surface area contributed by atoms with E-state index in [1.807, 2.05) is 23.1 Å². The average molecular weight is 356 g/mol. The fourth-order valence-electron chi connectivity index (χ4n) is 3.70. The summed E-state index contributed by atoms with van der Waals surface area (Å²) < 4.78 is 25.1. The molecule has 5 nitrogen and oxygen atoms in total. The van der Waals surface area contributed by atoms with Crippen LogP contribution in [0.1, 0.15) is 27.0 Å². The lowest BCUT2D eigenvalue weighted by atomic mass is 9.99. The molecule has 0 saturated heterocycles. The number of rotatable bonds is 2. The minimum Gasteiger partial charge on any atom is -0.334 e. The highest BCUT2D eigenvalue weighted by atomic mass is 32.2. The predicted octanol–water partition coefficient (Wildman–Crippen LogP) is 2.21. The van der Waals surface area contributed by atoms with Crippen molar-refractivity contribution in [2.45, 2.75) is 19.4 Å². The standard InChI is InChI=1S/C19H20N2O3S/c1-25(23,24)21-11-9-15-12-16(6-7-18(15)21)19(22)20-10-8-14-4-2-3-5-17(14)13-20/h2-7,12H,8-11,13H2,1H3. The highest BCUT2D eigenvalue weighted by molar-refractivity contribution is 7.92. The zero-order chi connectivity index (χ0) is 17.6. The maximum absolute atomic E-state index is 12.9. The van der Waals surface area contributed by atoms with Crippen LogP contribution in [0.25, 0.3) is 0 Å². The number of anilines is 1. The Morgan fingerprint density at radius 3 is 2.44 bits per heavy atom. The van der Waals surface area contributed by atoms with E-state index >= 15 is 0 Å². The Labute approximate surface area is 147 Å². The molecule has 2 heterocycles. The van der Waals surface area contributed by atoms with Gasteiger partial charge in [-0.15, -0.1) is 0 Å². The number of fused-ring (bicyclic) bond motifs is 2. The molecule has 2 aromatic carbocycles.